The topological polar surface area (TPSA) is 34.6 Å². The largest absolute Gasteiger partial charge is 0.455 e. The number of fused-ring (bicyclic) bond motifs is 8. The van der Waals surface area contributed by atoms with Gasteiger partial charge >= 0.3 is 0 Å². The predicted octanol–water partition coefficient (Wildman–Crippen LogP) is 9.43. The van der Waals surface area contributed by atoms with Crippen LogP contribution >= 0.6 is 0 Å². The molecule has 186 valence electrons. The lowest BCUT2D eigenvalue weighted by Crippen LogP contribution is -2.12. The Labute approximate surface area is 228 Å². The molecule has 0 N–H and O–H groups in total. The standard InChI is InChI=1S/C37H21NO2/c39-37-29-13-5-4-11-26(29)31-20-24(25-14-8-15-28-27-12-6-7-16-34(27)40-36(25)28)21-32-30-19-23(22-9-2-1-3-10-22)17-18-33(30)38(37)35(31)32/h1-21H. The molecule has 0 aliphatic heterocycles. The third kappa shape index (κ3) is 2.81. The summed E-state index contributed by atoms with van der Waals surface area (Å²) in [4.78, 5) is 13.9. The van der Waals surface area contributed by atoms with E-state index in [0.29, 0.717) is 0 Å². The molecule has 0 aliphatic carbocycles. The third-order valence-electron chi connectivity index (χ3n) is 8.33. The highest BCUT2D eigenvalue weighted by atomic mass is 16.3. The Morgan fingerprint density at radius 1 is 0.475 bits per heavy atom. The van der Waals surface area contributed by atoms with Gasteiger partial charge in [-0.15, -0.1) is 0 Å². The highest BCUT2D eigenvalue weighted by Crippen LogP contribution is 2.42. The molecule has 0 saturated heterocycles. The number of hydrogen-bond donors (Lipinski definition) is 0. The summed E-state index contributed by atoms with van der Waals surface area (Å²) in [5, 5.41) is 7.10. The number of para-hydroxylation sites is 2. The fourth-order valence-corrected chi connectivity index (χ4v) is 6.53. The van der Waals surface area contributed by atoms with Crippen LogP contribution in [0, 0.1) is 0 Å². The maximum atomic E-state index is 13.9. The average Bonchev–Trinajstić information content (AvgIpc) is 3.56. The van der Waals surface area contributed by atoms with Crippen LogP contribution < -0.4 is 5.56 Å². The van der Waals surface area contributed by atoms with Gasteiger partial charge in [0.25, 0.3) is 5.56 Å². The van der Waals surface area contributed by atoms with E-state index < -0.39 is 0 Å². The van der Waals surface area contributed by atoms with Crippen LogP contribution in [0.3, 0.4) is 0 Å². The van der Waals surface area contributed by atoms with Crippen molar-refractivity contribution in [2.45, 2.75) is 0 Å². The molecule has 0 spiro atoms. The van der Waals surface area contributed by atoms with E-state index in [9.17, 15) is 4.79 Å². The molecule has 0 saturated carbocycles. The van der Waals surface area contributed by atoms with Gasteiger partial charge in [0.15, 0.2) is 0 Å². The van der Waals surface area contributed by atoms with Gasteiger partial charge in [0.05, 0.1) is 11.0 Å². The SMILES string of the molecule is O=c1c2ccccc2c2cc(-c3cccc4c3oc3ccccc34)cc3c4cc(-c5ccccc5)ccc4n1c23. The van der Waals surface area contributed by atoms with Gasteiger partial charge in [-0.1, -0.05) is 91.0 Å². The van der Waals surface area contributed by atoms with Crippen LogP contribution in [0.25, 0.3) is 82.2 Å². The molecule has 0 unspecified atom stereocenters. The van der Waals surface area contributed by atoms with E-state index in [1.54, 1.807) is 0 Å². The smallest absolute Gasteiger partial charge is 0.263 e. The Bertz CT molecular complexity index is 2500. The van der Waals surface area contributed by atoms with Crippen LogP contribution in [0.15, 0.2) is 137 Å². The van der Waals surface area contributed by atoms with Gasteiger partial charge in [-0.05, 0) is 58.5 Å². The van der Waals surface area contributed by atoms with Gasteiger partial charge in [0.1, 0.15) is 11.2 Å². The first-order valence-electron chi connectivity index (χ1n) is 13.5. The first-order valence-corrected chi connectivity index (χ1v) is 13.5. The van der Waals surface area contributed by atoms with Crippen molar-refractivity contribution in [3.8, 4) is 22.3 Å². The fraction of sp³-hybridized carbons (Fsp3) is 0. The van der Waals surface area contributed by atoms with E-state index in [1.807, 2.05) is 46.9 Å². The highest BCUT2D eigenvalue weighted by molar-refractivity contribution is 6.22. The Morgan fingerprint density at radius 3 is 2.00 bits per heavy atom. The molecule has 9 aromatic rings. The molecule has 3 heterocycles. The first kappa shape index (κ1) is 21.5. The summed E-state index contributed by atoms with van der Waals surface area (Å²) in [6.07, 6.45) is 0. The summed E-state index contributed by atoms with van der Waals surface area (Å²) in [7, 11) is 0. The minimum atomic E-state index is 0.0164. The van der Waals surface area contributed by atoms with Crippen molar-refractivity contribution in [1.82, 2.24) is 4.40 Å². The second kappa shape index (κ2) is 7.81. The van der Waals surface area contributed by atoms with Crippen molar-refractivity contribution < 1.29 is 4.42 Å². The normalized spacial score (nSPS) is 12.1. The molecule has 3 aromatic heterocycles. The van der Waals surface area contributed by atoms with Crippen LogP contribution in [-0.2, 0) is 0 Å². The van der Waals surface area contributed by atoms with Crippen molar-refractivity contribution in [1.29, 1.82) is 0 Å². The first-order chi connectivity index (χ1) is 19.8. The summed E-state index contributed by atoms with van der Waals surface area (Å²) >= 11 is 0. The lowest BCUT2D eigenvalue weighted by molar-refractivity contribution is 0.670. The second-order valence-corrected chi connectivity index (χ2v) is 10.5. The summed E-state index contributed by atoms with van der Waals surface area (Å²) in [6.45, 7) is 0. The van der Waals surface area contributed by atoms with Crippen LogP contribution in [0.1, 0.15) is 0 Å². The van der Waals surface area contributed by atoms with Crippen molar-refractivity contribution in [2.75, 3.05) is 0 Å². The highest BCUT2D eigenvalue weighted by Gasteiger charge is 2.20. The molecule has 0 fully saturated rings. The van der Waals surface area contributed by atoms with Gasteiger partial charge < -0.3 is 4.42 Å². The van der Waals surface area contributed by atoms with E-state index in [0.717, 1.165) is 82.2 Å². The monoisotopic (exact) mass is 511 g/mol. The molecular weight excluding hydrogens is 490 g/mol. The number of aromatic nitrogens is 1. The molecule has 9 rings (SSSR count). The number of furan rings is 1. The average molecular weight is 512 g/mol. The Balaban J connectivity index is 1.46. The summed E-state index contributed by atoms with van der Waals surface area (Å²) in [6, 6.07) is 43.8. The summed E-state index contributed by atoms with van der Waals surface area (Å²) < 4.78 is 8.34. The number of hydrogen-bond acceptors (Lipinski definition) is 2. The van der Waals surface area contributed by atoms with Crippen molar-refractivity contribution in [2.24, 2.45) is 0 Å². The van der Waals surface area contributed by atoms with Gasteiger partial charge in [-0.2, -0.15) is 0 Å². The maximum absolute atomic E-state index is 13.9. The zero-order chi connectivity index (χ0) is 26.4. The van der Waals surface area contributed by atoms with Gasteiger partial charge in [0.2, 0.25) is 0 Å². The van der Waals surface area contributed by atoms with E-state index in [1.165, 1.54) is 0 Å². The van der Waals surface area contributed by atoms with Crippen molar-refractivity contribution in [3.05, 3.63) is 138 Å². The number of benzene rings is 6. The van der Waals surface area contributed by atoms with Crippen LogP contribution in [0.4, 0.5) is 0 Å². The fourth-order valence-electron chi connectivity index (χ4n) is 6.53. The molecule has 0 atom stereocenters. The van der Waals surface area contributed by atoms with E-state index in [4.69, 9.17) is 4.42 Å². The lowest BCUT2D eigenvalue weighted by Gasteiger charge is -2.10. The zero-order valence-electron chi connectivity index (χ0n) is 21.4. The Hall–Kier alpha value is -5.41. The van der Waals surface area contributed by atoms with Crippen LogP contribution in [0.5, 0.6) is 0 Å². The molecule has 0 amide bonds. The minimum Gasteiger partial charge on any atom is -0.455 e. The summed E-state index contributed by atoms with van der Waals surface area (Å²) in [5.74, 6) is 0. The molecular formula is C37H21NO2. The van der Waals surface area contributed by atoms with Crippen LogP contribution in [-0.4, -0.2) is 4.40 Å². The predicted molar refractivity (Wildman–Crippen MR) is 166 cm³/mol. The van der Waals surface area contributed by atoms with E-state index in [-0.39, 0.29) is 5.56 Å². The molecule has 6 aromatic carbocycles. The van der Waals surface area contributed by atoms with E-state index >= 15 is 0 Å². The number of nitrogens with zero attached hydrogens (tertiary/aromatic N) is 1. The molecule has 0 bridgehead atoms. The maximum Gasteiger partial charge on any atom is 0.263 e. The molecule has 3 nitrogen and oxygen atoms in total. The second-order valence-electron chi connectivity index (χ2n) is 10.5. The molecule has 0 aliphatic rings. The molecule has 0 radical (unpaired) electrons. The molecule has 3 heteroatoms. The van der Waals surface area contributed by atoms with Gasteiger partial charge in [0, 0.05) is 37.9 Å². The van der Waals surface area contributed by atoms with Gasteiger partial charge in [-0.25, -0.2) is 0 Å². The third-order valence-corrected chi connectivity index (χ3v) is 8.33. The Kier molecular flexibility index (Phi) is 4.20. The zero-order valence-corrected chi connectivity index (χ0v) is 21.4. The molecule has 40 heavy (non-hydrogen) atoms. The summed E-state index contributed by atoms with van der Waals surface area (Å²) in [5.41, 5.74) is 8.06. The lowest BCUT2D eigenvalue weighted by atomic mass is 9.96. The number of pyridine rings is 1. The Morgan fingerprint density at radius 2 is 1.15 bits per heavy atom. The van der Waals surface area contributed by atoms with Crippen LogP contribution in [0.2, 0.25) is 0 Å². The van der Waals surface area contributed by atoms with Crippen molar-refractivity contribution in [3.63, 3.8) is 0 Å². The van der Waals surface area contributed by atoms with Gasteiger partial charge in [-0.3, -0.25) is 9.20 Å². The van der Waals surface area contributed by atoms with Crippen molar-refractivity contribution >= 4 is 59.9 Å². The number of rotatable bonds is 2. The quantitative estimate of drug-likeness (QED) is 0.217. The minimum absolute atomic E-state index is 0.0164. The van der Waals surface area contributed by atoms with E-state index in [2.05, 4.69) is 84.9 Å².